The monoisotopic (exact) mass is 502 g/mol. The van der Waals surface area contributed by atoms with Gasteiger partial charge in [0.2, 0.25) is 0 Å². The molecule has 0 bridgehead atoms. The van der Waals surface area contributed by atoms with Gasteiger partial charge in [-0.3, -0.25) is 4.79 Å². The molecule has 0 spiro atoms. The third-order valence-corrected chi connectivity index (χ3v) is 8.70. The summed E-state index contributed by atoms with van der Waals surface area (Å²) in [6, 6.07) is 21.0. The van der Waals surface area contributed by atoms with Crippen molar-refractivity contribution in [2.24, 2.45) is 11.8 Å². The number of amides is 1. The molecule has 3 saturated heterocycles. The van der Waals surface area contributed by atoms with E-state index in [2.05, 4.69) is 17.0 Å². The van der Waals surface area contributed by atoms with Crippen LogP contribution in [0.3, 0.4) is 0 Å². The predicted molar refractivity (Wildman–Crippen MR) is 142 cm³/mol. The number of hydrogen-bond acceptors (Lipinski definition) is 4. The normalized spacial score (nSPS) is 24.6. The van der Waals surface area contributed by atoms with E-state index >= 15 is 0 Å². The Hall–Kier alpha value is -2.80. The van der Waals surface area contributed by atoms with Gasteiger partial charge >= 0.3 is 0 Å². The lowest BCUT2D eigenvalue weighted by Gasteiger charge is -2.37. The van der Waals surface area contributed by atoms with Crippen LogP contribution >= 0.6 is 0 Å². The topological polar surface area (TPSA) is 42.0 Å². The molecule has 0 N–H and O–H groups in total. The fourth-order valence-corrected chi connectivity index (χ4v) is 6.66. The first-order valence-electron chi connectivity index (χ1n) is 13.5. The van der Waals surface area contributed by atoms with Crippen molar-refractivity contribution in [3.8, 4) is 0 Å². The quantitative estimate of drug-likeness (QED) is 0.474. The minimum atomic E-state index is -0.662. The third kappa shape index (κ3) is 4.90. The average molecular weight is 503 g/mol. The molecule has 2 unspecified atom stereocenters. The maximum atomic E-state index is 13.8. The first-order valence-corrected chi connectivity index (χ1v) is 13.5. The Bertz CT molecular complexity index is 1240. The molecule has 5 nitrogen and oxygen atoms in total. The van der Waals surface area contributed by atoms with Gasteiger partial charge in [-0.1, -0.05) is 48.5 Å². The molecule has 3 aliphatic heterocycles. The Kier molecular flexibility index (Phi) is 6.74. The number of hydrogen-bond donors (Lipinski definition) is 0. The standard InChI is InChI=1S/C31H35FN2O3/c1-31(36-17-18-37-31)29-21-34(30(35)28-8-4-6-24-5-2-3-7-27(24)28)20-25(29)19-33-15-13-23(14-16-33)22-9-11-26(32)12-10-22/h2-12,23,25,29H,13-21H2,1H3. The van der Waals surface area contributed by atoms with E-state index < -0.39 is 5.79 Å². The average Bonchev–Trinajstić information content (AvgIpc) is 3.56. The smallest absolute Gasteiger partial charge is 0.254 e. The SMILES string of the molecule is CC1(C2CN(C(=O)c3cccc4ccccc34)CC2CN2CCC(c3ccc(F)cc3)CC2)OCCO1. The van der Waals surface area contributed by atoms with E-state index in [0.29, 0.717) is 32.2 Å². The molecule has 37 heavy (non-hydrogen) atoms. The number of benzene rings is 3. The number of piperidine rings is 1. The summed E-state index contributed by atoms with van der Waals surface area (Å²) in [5.74, 6) is 0.0971. The lowest BCUT2D eigenvalue weighted by molar-refractivity contribution is -0.187. The summed E-state index contributed by atoms with van der Waals surface area (Å²) in [7, 11) is 0. The number of ether oxygens (including phenoxy) is 2. The second-order valence-corrected chi connectivity index (χ2v) is 10.9. The molecular formula is C31H35FN2O3. The van der Waals surface area contributed by atoms with E-state index in [9.17, 15) is 9.18 Å². The number of halogens is 1. The first kappa shape index (κ1) is 24.5. The molecule has 6 rings (SSSR count). The summed E-state index contributed by atoms with van der Waals surface area (Å²) >= 11 is 0. The molecular weight excluding hydrogens is 467 g/mol. The Morgan fingerprint density at radius 1 is 0.946 bits per heavy atom. The van der Waals surface area contributed by atoms with E-state index in [1.165, 1.54) is 5.56 Å². The second-order valence-electron chi connectivity index (χ2n) is 10.9. The summed E-state index contributed by atoms with van der Waals surface area (Å²) in [4.78, 5) is 18.3. The number of nitrogens with zero attached hydrogens (tertiary/aromatic N) is 2. The van der Waals surface area contributed by atoms with E-state index in [0.717, 1.165) is 48.8 Å². The highest BCUT2D eigenvalue weighted by molar-refractivity contribution is 6.07. The fraction of sp³-hybridized carbons (Fsp3) is 0.452. The first-order chi connectivity index (χ1) is 18.0. The van der Waals surface area contributed by atoms with Crippen molar-refractivity contribution in [2.75, 3.05) is 45.9 Å². The van der Waals surface area contributed by atoms with Gasteiger partial charge in [0.05, 0.1) is 13.2 Å². The molecule has 0 aromatic heterocycles. The molecule has 0 saturated carbocycles. The molecule has 3 aliphatic rings. The van der Waals surface area contributed by atoms with Crippen molar-refractivity contribution in [1.82, 2.24) is 9.80 Å². The predicted octanol–water partition coefficient (Wildman–Crippen LogP) is 5.31. The molecule has 2 atom stereocenters. The molecule has 0 radical (unpaired) electrons. The molecule has 1 amide bonds. The van der Waals surface area contributed by atoms with Crippen LogP contribution in [0, 0.1) is 17.7 Å². The van der Waals surface area contributed by atoms with E-state index in [4.69, 9.17) is 9.47 Å². The van der Waals surface area contributed by atoms with E-state index in [1.54, 1.807) is 12.1 Å². The molecule has 194 valence electrons. The van der Waals surface area contributed by atoms with Crippen molar-refractivity contribution < 1.29 is 18.7 Å². The zero-order valence-electron chi connectivity index (χ0n) is 21.4. The Morgan fingerprint density at radius 2 is 1.65 bits per heavy atom. The number of carbonyl (C=O) groups is 1. The minimum absolute atomic E-state index is 0.0842. The zero-order valence-corrected chi connectivity index (χ0v) is 21.4. The summed E-state index contributed by atoms with van der Waals surface area (Å²) < 4.78 is 25.6. The molecule has 6 heteroatoms. The Labute approximate surface area is 218 Å². The number of carbonyl (C=O) groups excluding carboxylic acids is 1. The van der Waals surface area contributed by atoms with Gasteiger partial charge in [-0.25, -0.2) is 4.39 Å². The van der Waals surface area contributed by atoms with Crippen LogP contribution in [0.5, 0.6) is 0 Å². The summed E-state index contributed by atoms with van der Waals surface area (Å²) in [5.41, 5.74) is 1.99. The molecule has 0 aliphatic carbocycles. The van der Waals surface area contributed by atoms with Crippen LogP contribution < -0.4 is 0 Å². The van der Waals surface area contributed by atoms with Crippen molar-refractivity contribution in [3.63, 3.8) is 0 Å². The highest BCUT2D eigenvalue weighted by Crippen LogP contribution is 2.40. The van der Waals surface area contributed by atoms with Crippen LogP contribution in [0.4, 0.5) is 4.39 Å². The third-order valence-electron chi connectivity index (χ3n) is 8.70. The van der Waals surface area contributed by atoms with Gasteiger partial charge in [-0.15, -0.1) is 0 Å². The van der Waals surface area contributed by atoms with Gasteiger partial charge in [-0.05, 0) is 79.2 Å². The van der Waals surface area contributed by atoms with E-state index in [-0.39, 0.29) is 23.6 Å². The second kappa shape index (κ2) is 10.2. The lowest BCUT2D eigenvalue weighted by Crippen LogP contribution is -2.45. The van der Waals surface area contributed by atoms with Gasteiger partial charge in [-0.2, -0.15) is 0 Å². The highest BCUT2D eigenvalue weighted by Gasteiger charge is 2.50. The zero-order chi connectivity index (χ0) is 25.4. The highest BCUT2D eigenvalue weighted by atomic mass is 19.1. The minimum Gasteiger partial charge on any atom is -0.347 e. The summed E-state index contributed by atoms with van der Waals surface area (Å²) in [6.07, 6.45) is 2.12. The van der Waals surface area contributed by atoms with Gasteiger partial charge in [0.1, 0.15) is 5.82 Å². The molecule has 3 aromatic carbocycles. The van der Waals surface area contributed by atoms with Crippen LogP contribution in [0.25, 0.3) is 10.8 Å². The van der Waals surface area contributed by atoms with Crippen LogP contribution in [0.1, 0.15) is 41.6 Å². The van der Waals surface area contributed by atoms with Crippen LogP contribution in [-0.2, 0) is 9.47 Å². The Morgan fingerprint density at radius 3 is 2.41 bits per heavy atom. The van der Waals surface area contributed by atoms with Gasteiger partial charge in [0, 0.05) is 31.1 Å². The number of rotatable bonds is 5. The number of fused-ring (bicyclic) bond motifs is 1. The van der Waals surface area contributed by atoms with Gasteiger partial charge in [0.25, 0.3) is 5.91 Å². The summed E-state index contributed by atoms with van der Waals surface area (Å²) in [5, 5.41) is 2.08. The van der Waals surface area contributed by atoms with Crippen LogP contribution in [-0.4, -0.2) is 67.4 Å². The van der Waals surface area contributed by atoms with Gasteiger partial charge < -0.3 is 19.3 Å². The molecule has 3 fully saturated rings. The van der Waals surface area contributed by atoms with Crippen molar-refractivity contribution >= 4 is 16.7 Å². The molecule has 3 aromatic rings. The fourth-order valence-electron chi connectivity index (χ4n) is 6.66. The Balaban J connectivity index is 1.17. The van der Waals surface area contributed by atoms with E-state index in [1.807, 2.05) is 54.3 Å². The largest absolute Gasteiger partial charge is 0.347 e. The van der Waals surface area contributed by atoms with Crippen molar-refractivity contribution in [3.05, 3.63) is 83.7 Å². The maximum absolute atomic E-state index is 13.8. The lowest BCUT2D eigenvalue weighted by atomic mass is 9.86. The summed E-state index contributed by atoms with van der Waals surface area (Å²) in [6.45, 7) is 7.50. The van der Waals surface area contributed by atoms with Crippen LogP contribution in [0.15, 0.2) is 66.7 Å². The van der Waals surface area contributed by atoms with Gasteiger partial charge in [0.15, 0.2) is 5.79 Å². The van der Waals surface area contributed by atoms with Crippen molar-refractivity contribution in [2.45, 2.75) is 31.5 Å². The van der Waals surface area contributed by atoms with Crippen molar-refractivity contribution in [1.29, 1.82) is 0 Å². The number of likely N-dealkylation sites (tertiary alicyclic amines) is 2. The maximum Gasteiger partial charge on any atom is 0.254 e. The van der Waals surface area contributed by atoms with Crippen LogP contribution in [0.2, 0.25) is 0 Å². The molecule has 3 heterocycles.